The van der Waals surface area contributed by atoms with E-state index in [0.717, 1.165) is 59.6 Å². The number of benzene rings is 4. The van der Waals surface area contributed by atoms with Gasteiger partial charge in [0, 0.05) is 77.9 Å². The fourth-order valence-corrected chi connectivity index (χ4v) is 7.78. The quantitative estimate of drug-likeness (QED) is 0.179. The molecular formula is C42H41ClN6O3. The number of aromatic amines is 1. The predicted octanol–water partition coefficient (Wildman–Crippen LogP) is 7.28. The van der Waals surface area contributed by atoms with Crippen LogP contribution in [0.2, 0.25) is 5.02 Å². The molecule has 2 aliphatic heterocycles. The van der Waals surface area contributed by atoms with Crippen LogP contribution in [0.25, 0.3) is 22.2 Å². The zero-order chi connectivity index (χ0) is 35.8. The maximum absolute atomic E-state index is 14.8. The highest BCUT2D eigenvalue weighted by Crippen LogP contribution is 2.35. The number of carbonyl (C=O) groups is 2. The summed E-state index contributed by atoms with van der Waals surface area (Å²) in [5.74, 6) is -0.190. The third-order valence-corrected chi connectivity index (χ3v) is 10.8. The van der Waals surface area contributed by atoms with E-state index in [1.165, 1.54) is 11.1 Å². The first-order valence-corrected chi connectivity index (χ1v) is 18.1. The van der Waals surface area contributed by atoms with Crippen molar-refractivity contribution < 1.29 is 14.3 Å². The monoisotopic (exact) mass is 712 g/mol. The van der Waals surface area contributed by atoms with Crippen molar-refractivity contribution in [2.75, 3.05) is 37.7 Å². The number of nitrogens with one attached hydrogen (secondary N) is 1. The third-order valence-electron chi connectivity index (χ3n) is 10.6. The topological polar surface area (TPSA) is 86.7 Å². The molecule has 1 atom stereocenters. The van der Waals surface area contributed by atoms with Crippen molar-refractivity contribution in [1.29, 1.82) is 0 Å². The molecular weight excluding hydrogens is 672 g/mol. The van der Waals surface area contributed by atoms with Crippen LogP contribution in [0, 0.1) is 6.92 Å². The Bertz CT molecular complexity index is 2260. The van der Waals surface area contributed by atoms with Crippen LogP contribution in [0.1, 0.15) is 43.1 Å². The number of carbonyl (C=O) groups excluding carboxylic acids is 2. The summed E-state index contributed by atoms with van der Waals surface area (Å²) in [6.07, 6.45) is 2.55. The number of halogens is 1. The normalized spacial score (nSPS) is 16.2. The minimum atomic E-state index is -0.140. The van der Waals surface area contributed by atoms with Crippen LogP contribution >= 0.6 is 11.6 Å². The van der Waals surface area contributed by atoms with Gasteiger partial charge in [0.05, 0.1) is 37.0 Å². The number of hydrogen-bond donors (Lipinski definition) is 1. The highest BCUT2D eigenvalue weighted by molar-refractivity contribution is 6.31. The molecule has 9 nitrogen and oxygen atoms in total. The Morgan fingerprint density at radius 3 is 2.50 bits per heavy atom. The SMILES string of the molecule is Cc1c(C(=O)N(Cc2ccccc2)c2ccc3[nH]ncc3c2)cc(-c2cc(Cl)ccc2C(=O)N2Cc3ccccc3C[C@H]2CN2CCOCC2)n1C. The first-order valence-electron chi connectivity index (χ1n) is 17.8. The Balaban J connectivity index is 1.16. The number of morpholine rings is 1. The van der Waals surface area contributed by atoms with Crippen LogP contribution in [-0.4, -0.2) is 75.3 Å². The van der Waals surface area contributed by atoms with Crippen molar-refractivity contribution in [1.82, 2.24) is 24.6 Å². The summed E-state index contributed by atoms with van der Waals surface area (Å²) >= 11 is 6.67. The maximum atomic E-state index is 14.8. The summed E-state index contributed by atoms with van der Waals surface area (Å²) in [6.45, 7) is 6.73. The number of hydrogen-bond acceptors (Lipinski definition) is 5. The molecule has 0 bridgehead atoms. The third kappa shape index (κ3) is 6.63. The summed E-state index contributed by atoms with van der Waals surface area (Å²) in [5.41, 5.74) is 8.47. The Kier molecular flexibility index (Phi) is 9.40. The van der Waals surface area contributed by atoms with Crippen molar-refractivity contribution in [2.45, 2.75) is 32.5 Å². The van der Waals surface area contributed by atoms with E-state index in [0.29, 0.717) is 48.0 Å². The fourth-order valence-electron chi connectivity index (χ4n) is 7.60. The molecule has 8 rings (SSSR count). The number of fused-ring (bicyclic) bond motifs is 2. The molecule has 10 heteroatoms. The lowest BCUT2D eigenvalue weighted by Crippen LogP contribution is -2.52. The molecule has 4 aromatic carbocycles. The number of H-pyrrole nitrogens is 1. The van der Waals surface area contributed by atoms with Crippen LogP contribution in [-0.2, 0) is 31.3 Å². The van der Waals surface area contributed by atoms with Gasteiger partial charge in [0.2, 0.25) is 0 Å². The first-order chi connectivity index (χ1) is 25.3. The van der Waals surface area contributed by atoms with E-state index >= 15 is 0 Å². The van der Waals surface area contributed by atoms with Gasteiger partial charge in [-0.2, -0.15) is 5.10 Å². The molecule has 0 saturated carbocycles. The van der Waals surface area contributed by atoms with Crippen LogP contribution in [0.15, 0.2) is 103 Å². The number of nitrogens with zero attached hydrogens (tertiary/aromatic N) is 5. The van der Waals surface area contributed by atoms with Gasteiger partial charge in [-0.25, -0.2) is 0 Å². The maximum Gasteiger partial charge on any atom is 0.260 e. The molecule has 1 saturated heterocycles. The largest absolute Gasteiger partial charge is 0.379 e. The predicted molar refractivity (Wildman–Crippen MR) is 205 cm³/mol. The second-order valence-electron chi connectivity index (χ2n) is 13.8. The van der Waals surface area contributed by atoms with Crippen molar-refractivity contribution >= 4 is 40.0 Å². The van der Waals surface area contributed by atoms with E-state index < -0.39 is 0 Å². The highest BCUT2D eigenvalue weighted by atomic mass is 35.5. The molecule has 52 heavy (non-hydrogen) atoms. The van der Waals surface area contributed by atoms with Crippen molar-refractivity contribution in [2.24, 2.45) is 7.05 Å². The van der Waals surface area contributed by atoms with Gasteiger partial charge in [-0.3, -0.25) is 19.6 Å². The Hall–Kier alpha value is -5.22. The molecule has 4 heterocycles. The molecule has 0 spiro atoms. The van der Waals surface area contributed by atoms with Crippen molar-refractivity contribution in [3.63, 3.8) is 0 Å². The number of anilines is 1. The van der Waals surface area contributed by atoms with E-state index in [1.54, 1.807) is 17.2 Å². The second kappa shape index (κ2) is 14.4. The van der Waals surface area contributed by atoms with Gasteiger partial charge in [-0.15, -0.1) is 0 Å². The molecule has 2 aromatic heterocycles. The minimum absolute atomic E-state index is 0.00424. The summed E-state index contributed by atoms with van der Waals surface area (Å²) in [6, 6.07) is 31.6. The van der Waals surface area contributed by atoms with Gasteiger partial charge in [0.25, 0.3) is 11.8 Å². The second-order valence-corrected chi connectivity index (χ2v) is 14.2. The highest BCUT2D eigenvalue weighted by Gasteiger charge is 2.34. The zero-order valence-corrected chi connectivity index (χ0v) is 30.1. The van der Waals surface area contributed by atoms with Gasteiger partial charge < -0.3 is 19.1 Å². The number of aromatic nitrogens is 3. The molecule has 0 unspecified atom stereocenters. The van der Waals surface area contributed by atoms with Crippen LogP contribution in [0.5, 0.6) is 0 Å². The molecule has 0 aliphatic carbocycles. The van der Waals surface area contributed by atoms with Crippen molar-refractivity contribution in [3.05, 3.63) is 142 Å². The number of ether oxygens (including phenoxy) is 1. The van der Waals surface area contributed by atoms with Gasteiger partial charge in [-0.1, -0.05) is 66.2 Å². The summed E-state index contributed by atoms with van der Waals surface area (Å²) in [4.78, 5) is 35.8. The molecule has 6 aromatic rings. The van der Waals surface area contributed by atoms with Gasteiger partial charge >= 0.3 is 0 Å². The average Bonchev–Trinajstić information content (AvgIpc) is 3.77. The van der Waals surface area contributed by atoms with Gasteiger partial charge in [-0.05, 0) is 72.5 Å². The lowest BCUT2D eigenvalue weighted by molar-refractivity contribution is 0.0193. The molecule has 264 valence electrons. The van der Waals surface area contributed by atoms with E-state index in [-0.39, 0.29) is 17.9 Å². The van der Waals surface area contributed by atoms with E-state index in [2.05, 4.69) is 33.3 Å². The molecule has 2 aliphatic rings. The van der Waals surface area contributed by atoms with Gasteiger partial charge in [0.1, 0.15) is 0 Å². The Morgan fingerprint density at radius 1 is 0.923 bits per heavy atom. The summed E-state index contributed by atoms with van der Waals surface area (Å²) in [5, 5.41) is 8.62. The summed E-state index contributed by atoms with van der Waals surface area (Å²) in [7, 11) is 1.94. The average molecular weight is 713 g/mol. The van der Waals surface area contributed by atoms with Crippen LogP contribution in [0.3, 0.4) is 0 Å². The van der Waals surface area contributed by atoms with E-state index in [4.69, 9.17) is 16.3 Å². The van der Waals surface area contributed by atoms with E-state index in [9.17, 15) is 9.59 Å². The molecule has 1 N–H and O–H groups in total. The fraction of sp³-hybridized carbons (Fsp3) is 0.262. The van der Waals surface area contributed by atoms with Gasteiger partial charge in [0.15, 0.2) is 0 Å². The molecule has 1 fully saturated rings. The van der Waals surface area contributed by atoms with E-state index in [1.807, 2.05) is 96.2 Å². The molecule has 0 radical (unpaired) electrons. The van der Waals surface area contributed by atoms with Crippen LogP contribution < -0.4 is 4.90 Å². The number of rotatable bonds is 8. The van der Waals surface area contributed by atoms with Crippen molar-refractivity contribution in [3.8, 4) is 11.3 Å². The Labute approximate surface area is 308 Å². The zero-order valence-electron chi connectivity index (χ0n) is 29.4. The lowest BCUT2D eigenvalue weighted by atomic mass is 9.92. The first kappa shape index (κ1) is 33.9. The molecule has 2 amide bonds. The summed E-state index contributed by atoms with van der Waals surface area (Å²) < 4.78 is 7.61. The standard InChI is InChI=1S/C42H41ClN6O3/c1-28-37(42(51)48(25-29-8-4-3-5-9-29)34-13-15-39-32(21-34)24-44-45-39)23-40(46(28)2)38-22-33(43)12-14-36(38)41(50)49-26-31-11-7-6-10-30(31)20-35(49)27-47-16-18-52-19-17-47/h3-15,21-24,35H,16-20,25-27H2,1-2H3,(H,44,45)/t35-/m0/s1. The smallest absolute Gasteiger partial charge is 0.260 e. The number of amides is 2. The minimum Gasteiger partial charge on any atom is -0.379 e. The van der Waals surface area contributed by atoms with Crippen LogP contribution in [0.4, 0.5) is 5.69 Å². The lowest BCUT2D eigenvalue weighted by Gasteiger charge is -2.40. The Morgan fingerprint density at radius 2 is 1.69 bits per heavy atom.